The van der Waals surface area contributed by atoms with E-state index in [1.54, 1.807) is 0 Å². The Balaban J connectivity index is -0.0000000980. The fourth-order valence-electron chi connectivity index (χ4n) is 0.241. The molecule has 0 aliphatic heterocycles. The van der Waals surface area contributed by atoms with Crippen molar-refractivity contribution in [2.24, 2.45) is 0 Å². The second-order valence-corrected chi connectivity index (χ2v) is 7.02. The number of thiocarbonyl (C=S) groups is 2. The zero-order chi connectivity index (χ0) is 13.1. The molecule has 2 N–H and O–H groups in total. The first-order valence-corrected chi connectivity index (χ1v) is 6.97. The topological polar surface area (TPSA) is 74.6 Å². The Morgan fingerprint density at radius 2 is 1.11 bits per heavy atom. The van der Waals surface area contributed by atoms with E-state index in [0.717, 1.165) is 23.5 Å². The predicted molar refractivity (Wildman–Crippen MR) is 80.1 cm³/mol. The van der Waals surface area contributed by atoms with Gasteiger partial charge < -0.3 is 59.9 Å². The van der Waals surface area contributed by atoms with E-state index < -0.39 is 11.9 Å². The second kappa shape index (κ2) is 19.3. The smallest absolute Gasteiger partial charge is 0.481 e. The molecule has 12 heteroatoms. The average molecular weight is 380 g/mol. The van der Waals surface area contributed by atoms with Crippen LogP contribution in [-0.4, -0.2) is 40.7 Å². The molecule has 0 amide bonds. The van der Waals surface area contributed by atoms with E-state index in [-0.39, 0.29) is 77.7 Å². The molecule has 0 atom stereocenters. The van der Waals surface area contributed by atoms with E-state index in [2.05, 4.69) is 49.7 Å². The summed E-state index contributed by atoms with van der Waals surface area (Å²) in [7, 11) is 0. The van der Waals surface area contributed by atoms with Crippen molar-refractivity contribution in [2.75, 3.05) is 11.5 Å². The van der Waals surface area contributed by atoms with Gasteiger partial charge >= 0.3 is 71.1 Å². The Morgan fingerprint density at radius 3 is 1.17 bits per heavy atom. The standard InChI is InChI=1S/2C3H4O2S3.2Na/c2*4-2(5)1-8-3(6)7;;/h2*1H2,(H,4,5)(H,6,7);;/q;;2*+1/p-2. The van der Waals surface area contributed by atoms with Crippen LogP contribution >= 0.6 is 48.0 Å². The summed E-state index contributed by atoms with van der Waals surface area (Å²) >= 11 is 19.7. The quantitative estimate of drug-likeness (QED) is 0.282. The van der Waals surface area contributed by atoms with Gasteiger partial charge in [-0.1, -0.05) is 7.06 Å². The van der Waals surface area contributed by atoms with Crippen molar-refractivity contribution < 1.29 is 78.9 Å². The number of thioether (sulfide) groups is 2. The molecule has 0 aromatic carbocycles. The Kier molecular flexibility index (Phi) is 30.4. The third-order valence-electron chi connectivity index (χ3n) is 0.627. The van der Waals surface area contributed by atoms with Crippen LogP contribution in [-0.2, 0) is 34.8 Å². The number of rotatable bonds is 4. The molecule has 18 heavy (non-hydrogen) atoms. The molecule has 92 valence electrons. The van der Waals surface area contributed by atoms with E-state index in [1.807, 2.05) is 0 Å². The Hall–Kier alpha value is 2.26. The molecule has 0 aromatic heterocycles. The molecule has 0 saturated heterocycles. The van der Waals surface area contributed by atoms with E-state index in [4.69, 9.17) is 10.2 Å². The van der Waals surface area contributed by atoms with Gasteiger partial charge in [0.2, 0.25) is 0 Å². The number of carboxylic acids is 2. The first-order chi connectivity index (χ1) is 7.25. The molecule has 0 spiro atoms. The van der Waals surface area contributed by atoms with Crippen LogP contribution in [0.3, 0.4) is 0 Å². The van der Waals surface area contributed by atoms with Gasteiger partial charge in [0.1, 0.15) is 0 Å². The average Bonchev–Trinajstić information content (AvgIpc) is 2.12. The molecule has 0 aliphatic carbocycles. The van der Waals surface area contributed by atoms with Crippen LogP contribution in [0.15, 0.2) is 0 Å². The van der Waals surface area contributed by atoms with Crippen LogP contribution in [0.5, 0.6) is 0 Å². The predicted octanol–water partition coefficient (Wildman–Crippen LogP) is -4.72. The number of hydrogen-bond acceptors (Lipinski definition) is 8. The fraction of sp³-hybridized carbons (Fsp3) is 0.333. The molecule has 0 rings (SSSR count). The SMILES string of the molecule is O=C(O)CSC(=S)[S-].O=C(O)CSC(=S)[S-].[Na+].[Na+]. The van der Waals surface area contributed by atoms with E-state index in [9.17, 15) is 9.59 Å². The zero-order valence-corrected chi connectivity index (χ0v) is 18.5. The van der Waals surface area contributed by atoms with Crippen molar-refractivity contribution in [1.82, 2.24) is 0 Å². The molecule has 0 saturated carbocycles. The minimum atomic E-state index is -0.887. The maximum atomic E-state index is 9.78. The van der Waals surface area contributed by atoms with Gasteiger partial charge in [0, 0.05) is 0 Å². The van der Waals surface area contributed by atoms with Gasteiger partial charge in [-0.3, -0.25) is 9.59 Å². The summed E-state index contributed by atoms with van der Waals surface area (Å²) in [4.78, 5) is 19.6. The Labute approximate surface area is 180 Å². The first-order valence-electron chi connectivity index (χ1n) is 3.36. The summed E-state index contributed by atoms with van der Waals surface area (Å²) < 4.78 is 0.514. The molecule has 0 aliphatic rings. The van der Waals surface area contributed by atoms with Gasteiger partial charge in [-0.15, -0.1) is 23.5 Å². The minimum Gasteiger partial charge on any atom is -0.481 e. The molecule has 0 fully saturated rings. The van der Waals surface area contributed by atoms with Gasteiger partial charge in [0.25, 0.3) is 0 Å². The number of hydrogen-bond donors (Lipinski definition) is 2. The van der Waals surface area contributed by atoms with Gasteiger partial charge in [0.15, 0.2) is 0 Å². The van der Waals surface area contributed by atoms with Gasteiger partial charge in [-0.2, -0.15) is 0 Å². The minimum absolute atomic E-state index is 0. The Morgan fingerprint density at radius 1 is 0.889 bits per heavy atom. The van der Waals surface area contributed by atoms with Crippen molar-refractivity contribution in [3.8, 4) is 0 Å². The molecule has 0 bridgehead atoms. The van der Waals surface area contributed by atoms with E-state index in [1.165, 1.54) is 0 Å². The number of carbonyl (C=O) groups is 2. The molecule has 4 nitrogen and oxygen atoms in total. The third-order valence-corrected chi connectivity index (χ3v) is 3.30. The second-order valence-electron chi connectivity index (χ2n) is 1.86. The zero-order valence-electron chi connectivity index (χ0n) is 9.57. The van der Waals surface area contributed by atoms with E-state index in [0.29, 0.717) is 0 Å². The number of carboxylic acid groups (broad SMARTS) is 2. The fourth-order valence-corrected chi connectivity index (χ4v) is 1.43. The van der Waals surface area contributed by atoms with Crippen LogP contribution in [0.25, 0.3) is 0 Å². The van der Waals surface area contributed by atoms with Gasteiger partial charge in [0.05, 0.1) is 11.5 Å². The molecule has 0 heterocycles. The van der Waals surface area contributed by atoms with Gasteiger partial charge in [-0.25, -0.2) is 0 Å². The molecular formula is C6H6Na2O4S6. The van der Waals surface area contributed by atoms with Crippen LogP contribution in [0.2, 0.25) is 0 Å². The summed E-state index contributed by atoms with van der Waals surface area (Å²) in [6.45, 7) is 0. The normalized spacial score (nSPS) is 7.56. The summed E-state index contributed by atoms with van der Waals surface area (Å²) in [6, 6.07) is 0. The van der Waals surface area contributed by atoms with E-state index >= 15 is 0 Å². The summed E-state index contributed by atoms with van der Waals surface area (Å²) in [6.07, 6.45) is 0. The summed E-state index contributed by atoms with van der Waals surface area (Å²) in [5.74, 6) is -1.82. The van der Waals surface area contributed by atoms with Crippen molar-refractivity contribution in [3.63, 3.8) is 0 Å². The number of aliphatic carboxylic acids is 2. The molecule has 0 aromatic rings. The van der Waals surface area contributed by atoms with Crippen molar-refractivity contribution in [1.29, 1.82) is 0 Å². The van der Waals surface area contributed by atoms with Gasteiger partial charge in [-0.05, 0) is 0 Å². The molecule has 0 unspecified atom stereocenters. The Bertz CT molecular complexity index is 231. The third kappa shape index (κ3) is 36.2. The molecular weight excluding hydrogens is 374 g/mol. The van der Waals surface area contributed by atoms with Crippen LogP contribution < -0.4 is 59.1 Å². The van der Waals surface area contributed by atoms with Crippen molar-refractivity contribution in [3.05, 3.63) is 0 Å². The summed E-state index contributed by atoms with van der Waals surface area (Å²) in [5, 5.41) is 16.1. The maximum Gasteiger partial charge on any atom is 1.00 e. The first kappa shape index (κ1) is 28.4. The van der Waals surface area contributed by atoms with Crippen LogP contribution in [0.1, 0.15) is 0 Å². The summed E-state index contributed by atoms with van der Waals surface area (Å²) in [5.41, 5.74) is 0. The molecule has 0 radical (unpaired) electrons. The maximum absolute atomic E-state index is 9.78. The van der Waals surface area contributed by atoms with Crippen molar-refractivity contribution >= 4 is 92.2 Å². The largest absolute Gasteiger partial charge is 1.00 e. The van der Waals surface area contributed by atoms with Crippen LogP contribution in [0.4, 0.5) is 0 Å². The van der Waals surface area contributed by atoms with Crippen LogP contribution in [0, 0.1) is 0 Å². The van der Waals surface area contributed by atoms with Crippen molar-refractivity contribution in [2.45, 2.75) is 0 Å². The monoisotopic (exact) mass is 380 g/mol.